The summed E-state index contributed by atoms with van der Waals surface area (Å²) >= 11 is 0. The molecule has 0 unspecified atom stereocenters. The van der Waals surface area contributed by atoms with Crippen LogP contribution < -0.4 is 15.4 Å². The quantitative estimate of drug-likeness (QED) is 0.819. The van der Waals surface area contributed by atoms with Crippen molar-refractivity contribution in [1.82, 2.24) is 5.32 Å². The van der Waals surface area contributed by atoms with E-state index in [1.54, 1.807) is 6.92 Å². The van der Waals surface area contributed by atoms with Crippen LogP contribution in [-0.4, -0.2) is 17.9 Å². The summed E-state index contributed by atoms with van der Waals surface area (Å²) in [5.74, 6) is -1.32. The maximum atomic E-state index is 13.1. The first kappa shape index (κ1) is 18.4. The van der Waals surface area contributed by atoms with E-state index in [4.69, 9.17) is 4.74 Å². The molecule has 0 aliphatic carbocycles. The number of ether oxygens (including phenoxy) is 1. The number of para-hydroxylation sites is 1. The molecule has 0 aromatic heterocycles. The van der Waals surface area contributed by atoms with Crippen molar-refractivity contribution in [3.05, 3.63) is 59.4 Å². The Morgan fingerprint density at radius 1 is 1.12 bits per heavy atom. The summed E-state index contributed by atoms with van der Waals surface area (Å²) in [5, 5.41) is 5.03. The summed E-state index contributed by atoms with van der Waals surface area (Å²) in [4.78, 5) is 24.0. The van der Waals surface area contributed by atoms with E-state index in [-0.39, 0.29) is 12.6 Å². The first-order valence-electron chi connectivity index (χ1n) is 7.96. The molecule has 0 saturated heterocycles. The number of nitrogens with one attached hydrogen (secondary N) is 2. The van der Waals surface area contributed by atoms with Gasteiger partial charge in [0.05, 0.1) is 6.10 Å². The summed E-state index contributed by atoms with van der Waals surface area (Å²) in [7, 11) is 0. The number of amides is 2. The molecule has 25 heavy (non-hydrogen) atoms. The molecule has 0 saturated carbocycles. The fraction of sp³-hybridized carbons (Fsp3) is 0.263. The Morgan fingerprint density at radius 3 is 2.52 bits per heavy atom. The van der Waals surface area contributed by atoms with Gasteiger partial charge in [-0.25, -0.2) is 4.39 Å². The third-order valence-corrected chi connectivity index (χ3v) is 3.42. The number of hydrogen-bond acceptors (Lipinski definition) is 3. The molecular weight excluding hydrogens is 323 g/mol. The molecule has 2 N–H and O–H groups in total. The highest BCUT2D eigenvalue weighted by Crippen LogP contribution is 2.19. The third-order valence-electron chi connectivity index (χ3n) is 3.42. The number of anilines is 1. The Kier molecular flexibility index (Phi) is 6.11. The highest BCUT2D eigenvalue weighted by Gasteiger charge is 2.15. The second-order valence-electron chi connectivity index (χ2n) is 5.87. The maximum absolute atomic E-state index is 13.1. The van der Waals surface area contributed by atoms with Crippen LogP contribution in [0.1, 0.15) is 25.0 Å². The van der Waals surface area contributed by atoms with Crippen LogP contribution in [0.5, 0.6) is 5.75 Å². The van der Waals surface area contributed by atoms with Crippen LogP contribution in [0.3, 0.4) is 0 Å². The van der Waals surface area contributed by atoms with E-state index in [2.05, 4.69) is 10.6 Å². The van der Waals surface area contributed by atoms with Gasteiger partial charge in [-0.2, -0.15) is 0 Å². The summed E-state index contributed by atoms with van der Waals surface area (Å²) in [6.45, 7) is 5.63. The van der Waals surface area contributed by atoms with Crippen molar-refractivity contribution in [3.8, 4) is 5.75 Å². The Labute approximate surface area is 146 Å². The number of benzene rings is 2. The minimum atomic E-state index is -0.808. The highest BCUT2D eigenvalue weighted by molar-refractivity contribution is 6.39. The average molecular weight is 344 g/mol. The zero-order valence-corrected chi connectivity index (χ0v) is 14.4. The van der Waals surface area contributed by atoms with Crippen molar-refractivity contribution < 1.29 is 18.7 Å². The molecule has 0 radical (unpaired) electrons. The van der Waals surface area contributed by atoms with Gasteiger partial charge in [0.15, 0.2) is 0 Å². The molecule has 0 spiro atoms. The lowest BCUT2D eigenvalue weighted by Gasteiger charge is -2.14. The van der Waals surface area contributed by atoms with Crippen molar-refractivity contribution >= 4 is 17.5 Å². The van der Waals surface area contributed by atoms with Gasteiger partial charge in [0.25, 0.3) is 0 Å². The Bertz CT molecular complexity index is 775. The molecular formula is C19H21FN2O3. The molecule has 2 aromatic carbocycles. The molecule has 0 fully saturated rings. The molecule has 2 rings (SSSR count). The second kappa shape index (κ2) is 8.28. The first-order valence-corrected chi connectivity index (χ1v) is 7.96. The fourth-order valence-corrected chi connectivity index (χ4v) is 2.22. The number of aryl methyl sites for hydroxylation is 1. The lowest BCUT2D eigenvalue weighted by molar-refractivity contribution is -0.136. The summed E-state index contributed by atoms with van der Waals surface area (Å²) < 4.78 is 18.7. The summed E-state index contributed by atoms with van der Waals surface area (Å²) in [6, 6.07) is 11.2. The second-order valence-corrected chi connectivity index (χ2v) is 5.87. The molecule has 0 aliphatic rings. The van der Waals surface area contributed by atoms with Crippen molar-refractivity contribution in [2.75, 3.05) is 5.32 Å². The van der Waals surface area contributed by atoms with Gasteiger partial charge in [0.2, 0.25) is 0 Å². The normalized spacial score (nSPS) is 10.4. The van der Waals surface area contributed by atoms with Gasteiger partial charge in [0.1, 0.15) is 11.6 Å². The van der Waals surface area contributed by atoms with Crippen molar-refractivity contribution in [2.45, 2.75) is 33.4 Å². The van der Waals surface area contributed by atoms with Crippen LogP contribution >= 0.6 is 0 Å². The van der Waals surface area contributed by atoms with Crippen LogP contribution in [0.2, 0.25) is 0 Å². The van der Waals surface area contributed by atoms with Gasteiger partial charge in [-0.15, -0.1) is 0 Å². The average Bonchev–Trinajstić information content (AvgIpc) is 2.55. The smallest absolute Gasteiger partial charge is 0.313 e. The van der Waals surface area contributed by atoms with E-state index >= 15 is 0 Å². The van der Waals surface area contributed by atoms with Crippen molar-refractivity contribution in [2.24, 2.45) is 0 Å². The predicted molar refractivity (Wildman–Crippen MR) is 93.8 cm³/mol. The largest absolute Gasteiger partial charge is 0.491 e. The predicted octanol–water partition coefficient (Wildman–Crippen LogP) is 3.18. The van der Waals surface area contributed by atoms with Gasteiger partial charge in [-0.05, 0) is 50.6 Å². The lowest BCUT2D eigenvalue weighted by Crippen LogP contribution is -2.35. The van der Waals surface area contributed by atoms with Crippen molar-refractivity contribution in [3.63, 3.8) is 0 Å². The minimum absolute atomic E-state index is 0.00148. The van der Waals surface area contributed by atoms with Gasteiger partial charge in [-0.1, -0.05) is 18.2 Å². The molecule has 5 nitrogen and oxygen atoms in total. The van der Waals surface area contributed by atoms with Crippen LogP contribution in [0, 0.1) is 12.7 Å². The SMILES string of the molecule is Cc1cc(F)ccc1NC(=O)C(=O)NCc1ccccc1OC(C)C. The molecule has 0 bridgehead atoms. The van der Waals surface area contributed by atoms with E-state index in [1.165, 1.54) is 18.2 Å². The van der Waals surface area contributed by atoms with E-state index in [0.717, 1.165) is 5.56 Å². The topological polar surface area (TPSA) is 67.4 Å². The molecule has 0 heterocycles. The number of hydrogen-bond donors (Lipinski definition) is 2. The number of rotatable bonds is 5. The van der Waals surface area contributed by atoms with Gasteiger partial charge in [0, 0.05) is 17.8 Å². The minimum Gasteiger partial charge on any atom is -0.491 e. The van der Waals surface area contributed by atoms with Crippen LogP contribution in [0.15, 0.2) is 42.5 Å². The first-order chi connectivity index (χ1) is 11.9. The van der Waals surface area contributed by atoms with E-state index in [9.17, 15) is 14.0 Å². The zero-order chi connectivity index (χ0) is 18.4. The van der Waals surface area contributed by atoms with Crippen LogP contribution in [0.4, 0.5) is 10.1 Å². The number of carbonyl (C=O) groups is 2. The molecule has 2 aromatic rings. The summed E-state index contributed by atoms with van der Waals surface area (Å²) in [6.07, 6.45) is 0.00148. The zero-order valence-electron chi connectivity index (χ0n) is 14.4. The molecule has 0 aliphatic heterocycles. The van der Waals surface area contributed by atoms with E-state index in [0.29, 0.717) is 17.0 Å². The number of carbonyl (C=O) groups excluding carboxylic acids is 2. The van der Waals surface area contributed by atoms with E-state index in [1.807, 2.05) is 38.1 Å². The van der Waals surface area contributed by atoms with Gasteiger partial charge in [-0.3, -0.25) is 9.59 Å². The van der Waals surface area contributed by atoms with E-state index < -0.39 is 17.6 Å². The van der Waals surface area contributed by atoms with Gasteiger partial charge < -0.3 is 15.4 Å². The lowest BCUT2D eigenvalue weighted by atomic mass is 10.2. The molecule has 0 atom stereocenters. The Morgan fingerprint density at radius 2 is 1.84 bits per heavy atom. The maximum Gasteiger partial charge on any atom is 0.313 e. The fourth-order valence-electron chi connectivity index (χ4n) is 2.22. The molecule has 6 heteroatoms. The molecule has 2 amide bonds. The summed E-state index contributed by atoms with van der Waals surface area (Å²) in [5.41, 5.74) is 1.71. The Balaban J connectivity index is 1.97. The van der Waals surface area contributed by atoms with Crippen molar-refractivity contribution in [1.29, 1.82) is 0 Å². The monoisotopic (exact) mass is 344 g/mol. The Hall–Kier alpha value is -2.89. The third kappa shape index (κ3) is 5.31. The highest BCUT2D eigenvalue weighted by atomic mass is 19.1. The van der Waals surface area contributed by atoms with Crippen LogP contribution in [0.25, 0.3) is 0 Å². The van der Waals surface area contributed by atoms with Gasteiger partial charge >= 0.3 is 11.8 Å². The standard InChI is InChI=1S/C19H21FN2O3/c1-12(2)25-17-7-5-4-6-14(17)11-21-18(23)19(24)22-16-9-8-15(20)10-13(16)3/h4-10,12H,11H2,1-3H3,(H,21,23)(H,22,24). The van der Waals surface area contributed by atoms with Crippen LogP contribution in [-0.2, 0) is 16.1 Å². The molecule has 132 valence electrons. The number of halogens is 1.